The molecule has 2 rings (SSSR count). The minimum absolute atomic E-state index is 0.0115. The Morgan fingerprint density at radius 3 is 2.50 bits per heavy atom. The van der Waals surface area contributed by atoms with Gasteiger partial charge in [0, 0.05) is 19.1 Å². The summed E-state index contributed by atoms with van der Waals surface area (Å²) in [4.78, 5) is 1.80. The van der Waals surface area contributed by atoms with Gasteiger partial charge in [-0.1, -0.05) is 20.8 Å². The second kappa shape index (κ2) is 5.64. The van der Waals surface area contributed by atoms with Gasteiger partial charge in [0.15, 0.2) is 17.5 Å². The molecule has 1 aromatic rings. The smallest absolute Gasteiger partial charge is 0.196 e. The van der Waals surface area contributed by atoms with E-state index in [1.54, 1.807) is 4.90 Å². The molecule has 0 amide bonds. The van der Waals surface area contributed by atoms with Gasteiger partial charge in [0.1, 0.15) is 0 Å². The molecule has 2 nitrogen and oxygen atoms in total. The zero-order valence-corrected chi connectivity index (χ0v) is 12.1. The van der Waals surface area contributed by atoms with Gasteiger partial charge in [0.2, 0.25) is 0 Å². The molecule has 1 saturated heterocycles. The Hall–Kier alpha value is -1.23. The van der Waals surface area contributed by atoms with Crippen LogP contribution < -0.4 is 10.2 Å². The van der Waals surface area contributed by atoms with E-state index in [9.17, 15) is 13.2 Å². The summed E-state index contributed by atoms with van der Waals surface area (Å²) in [6, 6.07) is 2.47. The molecule has 0 radical (unpaired) electrons. The molecule has 1 aliphatic heterocycles. The quantitative estimate of drug-likeness (QED) is 0.797. The van der Waals surface area contributed by atoms with E-state index in [-0.39, 0.29) is 17.1 Å². The van der Waals surface area contributed by atoms with E-state index in [4.69, 9.17) is 0 Å². The van der Waals surface area contributed by atoms with Crippen LogP contribution in [0.5, 0.6) is 0 Å². The van der Waals surface area contributed by atoms with Crippen molar-refractivity contribution >= 4 is 5.69 Å². The van der Waals surface area contributed by atoms with Crippen LogP contribution in [0.3, 0.4) is 0 Å². The maximum Gasteiger partial charge on any atom is 0.196 e. The fraction of sp³-hybridized carbons (Fsp3) is 0.600. The average molecular weight is 286 g/mol. The third kappa shape index (κ3) is 3.08. The monoisotopic (exact) mass is 286 g/mol. The van der Waals surface area contributed by atoms with E-state index < -0.39 is 17.5 Å². The lowest BCUT2D eigenvalue weighted by Crippen LogP contribution is -2.46. The second-order valence-corrected chi connectivity index (χ2v) is 6.37. The maximum atomic E-state index is 13.9. The Morgan fingerprint density at radius 1 is 1.15 bits per heavy atom. The van der Waals surface area contributed by atoms with Crippen molar-refractivity contribution < 1.29 is 13.2 Å². The Bertz CT molecular complexity index is 483. The molecule has 1 heterocycles. The van der Waals surface area contributed by atoms with Crippen molar-refractivity contribution in [3.63, 3.8) is 0 Å². The predicted octanol–water partition coefficient (Wildman–Crippen LogP) is 3.32. The topological polar surface area (TPSA) is 15.3 Å². The van der Waals surface area contributed by atoms with Gasteiger partial charge in [0.05, 0.1) is 5.69 Å². The second-order valence-electron chi connectivity index (χ2n) is 6.37. The van der Waals surface area contributed by atoms with Crippen LogP contribution in [0.2, 0.25) is 0 Å². The van der Waals surface area contributed by atoms with E-state index in [2.05, 4.69) is 26.1 Å². The molecule has 0 aliphatic carbocycles. The summed E-state index contributed by atoms with van der Waals surface area (Å²) < 4.78 is 40.3. The van der Waals surface area contributed by atoms with Crippen molar-refractivity contribution in [1.82, 2.24) is 5.32 Å². The molecular formula is C15H21F3N2. The van der Waals surface area contributed by atoms with Crippen LogP contribution in [0.15, 0.2) is 12.1 Å². The van der Waals surface area contributed by atoms with Gasteiger partial charge in [0.25, 0.3) is 0 Å². The first kappa shape index (κ1) is 15.2. The Balaban J connectivity index is 2.29. The van der Waals surface area contributed by atoms with Crippen LogP contribution in [0.25, 0.3) is 0 Å². The Morgan fingerprint density at radius 2 is 1.85 bits per heavy atom. The predicted molar refractivity (Wildman–Crippen MR) is 74.4 cm³/mol. The third-order valence-electron chi connectivity index (χ3n) is 3.80. The summed E-state index contributed by atoms with van der Waals surface area (Å²) in [5.74, 6) is -3.64. The number of anilines is 1. The van der Waals surface area contributed by atoms with E-state index in [0.717, 1.165) is 19.0 Å². The molecular weight excluding hydrogens is 265 g/mol. The third-order valence-corrected chi connectivity index (χ3v) is 3.80. The van der Waals surface area contributed by atoms with Gasteiger partial charge in [-0.15, -0.1) is 0 Å². The molecule has 1 N–H and O–H groups in total. The summed E-state index contributed by atoms with van der Waals surface area (Å²) in [5.41, 5.74) is 0.152. The van der Waals surface area contributed by atoms with Gasteiger partial charge in [-0.2, -0.15) is 0 Å². The first-order chi connectivity index (χ1) is 9.30. The number of hydrogen-bond acceptors (Lipinski definition) is 2. The molecule has 0 spiro atoms. The molecule has 0 aromatic heterocycles. The van der Waals surface area contributed by atoms with Crippen LogP contribution in [-0.2, 0) is 0 Å². The van der Waals surface area contributed by atoms with Crippen molar-refractivity contribution in [2.24, 2.45) is 5.41 Å². The van der Waals surface area contributed by atoms with Crippen LogP contribution in [-0.4, -0.2) is 25.7 Å². The van der Waals surface area contributed by atoms with Crippen LogP contribution >= 0.6 is 0 Å². The Kier molecular flexibility index (Phi) is 4.28. The minimum atomic E-state index is -1.40. The highest BCUT2D eigenvalue weighted by molar-refractivity contribution is 5.49. The molecule has 1 atom stereocenters. The van der Waals surface area contributed by atoms with Crippen molar-refractivity contribution in [1.29, 1.82) is 0 Å². The van der Waals surface area contributed by atoms with Gasteiger partial charge in [-0.3, -0.25) is 0 Å². The van der Waals surface area contributed by atoms with Crippen LogP contribution in [0.4, 0.5) is 18.9 Å². The first-order valence-corrected chi connectivity index (χ1v) is 6.92. The number of benzene rings is 1. The molecule has 0 bridgehead atoms. The van der Waals surface area contributed by atoms with Crippen molar-refractivity contribution in [2.45, 2.75) is 33.2 Å². The fourth-order valence-corrected chi connectivity index (χ4v) is 2.48. The Labute approximate surface area is 118 Å². The summed E-state index contributed by atoms with van der Waals surface area (Å²) in [6.45, 7) is 8.36. The van der Waals surface area contributed by atoms with E-state index >= 15 is 0 Å². The SMILES string of the molecule is CC(C)(C)C1CN(c2ccc(F)c(F)c2F)CCCN1. The largest absolute Gasteiger partial charge is 0.367 e. The zero-order chi connectivity index (χ0) is 14.9. The highest BCUT2D eigenvalue weighted by atomic mass is 19.2. The molecule has 1 unspecified atom stereocenters. The first-order valence-electron chi connectivity index (χ1n) is 6.92. The van der Waals surface area contributed by atoms with Gasteiger partial charge >= 0.3 is 0 Å². The van der Waals surface area contributed by atoms with Crippen molar-refractivity contribution in [3.8, 4) is 0 Å². The number of halogens is 3. The lowest BCUT2D eigenvalue weighted by Gasteiger charge is -2.34. The van der Waals surface area contributed by atoms with Gasteiger partial charge in [-0.05, 0) is 30.5 Å². The molecule has 112 valence electrons. The highest BCUT2D eigenvalue weighted by Gasteiger charge is 2.29. The maximum absolute atomic E-state index is 13.9. The minimum Gasteiger partial charge on any atom is -0.367 e. The van der Waals surface area contributed by atoms with Crippen molar-refractivity contribution in [3.05, 3.63) is 29.6 Å². The van der Waals surface area contributed by atoms with Gasteiger partial charge in [-0.25, -0.2) is 13.2 Å². The molecule has 5 heteroatoms. The molecule has 1 aliphatic rings. The molecule has 1 fully saturated rings. The summed E-state index contributed by atoms with van der Waals surface area (Å²) in [5, 5.41) is 3.43. The van der Waals surface area contributed by atoms with Gasteiger partial charge < -0.3 is 10.2 Å². The van der Waals surface area contributed by atoms with E-state index in [0.29, 0.717) is 13.1 Å². The summed E-state index contributed by atoms with van der Waals surface area (Å²) in [7, 11) is 0. The highest BCUT2D eigenvalue weighted by Crippen LogP contribution is 2.28. The average Bonchev–Trinajstić information content (AvgIpc) is 2.61. The zero-order valence-electron chi connectivity index (χ0n) is 12.1. The number of rotatable bonds is 1. The number of hydrogen-bond donors (Lipinski definition) is 1. The van der Waals surface area contributed by atoms with Crippen LogP contribution in [0, 0.1) is 22.9 Å². The normalized spacial score (nSPS) is 20.9. The van der Waals surface area contributed by atoms with E-state index in [1.807, 2.05) is 0 Å². The fourth-order valence-electron chi connectivity index (χ4n) is 2.48. The number of nitrogens with one attached hydrogen (secondary N) is 1. The van der Waals surface area contributed by atoms with Crippen LogP contribution in [0.1, 0.15) is 27.2 Å². The standard InChI is InChI=1S/C15H21F3N2/c1-15(2,3)12-9-20(8-4-7-19-12)11-6-5-10(16)13(17)14(11)18/h5-6,12,19H,4,7-9H2,1-3H3. The number of nitrogens with zero attached hydrogens (tertiary/aromatic N) is 1. The molecule has 1 aromatic carbocycles. The summed E-state index contributed by atoms with van der Waals surface area (Å²) in [6.07, 6.45) is 0.838. The lowest BCUT2D eigenvalue weighted by molar-refractivity contribution is 0.280. The molecule has 0 saturated carbocycles. The molecule has 20 heavy (non-hydrogen) atoms. The van der Waals surface area contributed by atoms with Crippen molar-refractivity contribution in [2.75, 3.05) is 24.5 Å². The lowest BCUT2D eigenvalue weighted by atomic mass is 9.86. The summed E-state index contributed by atoms with van der Waals surface area (Å²) >= 11 is 0. The van der Waals surface area contributed by atoms with E-state index in [1.165, 1.54) is 6.07 Å².